The molecule has 2 aliphatic rings. The van der Waals surface area contributed by atoms with Crippen molar-refractivity contribution in [3.05, 3.63) is 71.3 Å². The Kier molecular flexibility index (Phi) is 5.53. The van der Waals surface area contributed by atoms with Crippen LogP contribution < -0.4 is 4.74 Å². The average molecular weight is 418 g/mol. The monoisotopic (exact) mass is 417 g/mol. The zero-order valence-corrected chi connectivity index (χ0v) is 18.2. The van der Waals surface area contributed by atoms with E-state index in [4.69, 9.17) is 4.74 Å². The van der Waals surface area contributed by atoms with Gasteiger partial charge in [0.1, 0.15) is 5.75 Å². The SMILES string of the molecule is Cc1ccc(C2CCN(CCC(=O)c3ccc4cc5c(cc4c3)SCCO5)C2)cc1. The summed E-state index contributed by atoms with van der Waals surface area (Å²) in [5.74, 6) is 2.77. The van der Waals surface area contributed by atoms with Crippen LogP contribution in [0.3, 0.4) is 0 Å². The summed E-state index contributed by atoms with van der Waals surface area (Å²) in [5, 5.41) is 2.26. The first-order valence-corrected chi connectivity index (χ1v) is 11.8. The topological polar surface area (TPSA) is 29.5 Å². The number of ether oxygens (including phenoxy) is 1. The molecule has 0 aliphatic carbocycles. The molecule has 1 atom stereocenters. The second-order valence-electron chi connectivity index (χ2n) is 8.43. The number of rotatable bonds is 5. The lowest BCUT2D eigenvalue weighted by Crippen LogP contribution is -2.23. The van der Waals surface area contributed by atoms with E-state index in [1.807, 2.05) is 23.9 Å². The smallest absolute Gasteiger partial charge is 0.164 e. The molecule has 154 valence electrons. The summed E-state index contributed by atoms with van der Waals surface area (Å²) in [6.45, 7) is 5.86. The molecule has 0 amide bonds. The highest BCUT2D eigenvalue weighted by Gasteiger charge is 2.24. The highest BCUT2D eigenvalue weighted by atomic mass is 32.2. The van der Waals surface area contributed by atoms with E-state index in [-0.39, 0.29) is 5.78 Å². The van der Waals surface area contributed by atoms with Crippen LogP contribution >= 0.6 is 11.8 Å². The lowest BCUT2D eigenvalue weighted by molar-refractivity contribution is 0.0969. The molecular weight excluding hydrogens is 390 g/mol. The molecule has 0 saturated carbocycles. The summed E-state index contributed by atoms with van der Waals surface area (Å²) in [6, 6.07) is 19.2. The molecule has 1 fully saturated rings. The van der Waals surface area contributed by atoms with Crippen LogP contribution in [-0.4, -0.2) is 42.7 Å². The van der Waals surface area contributed by atoms with Gasteiger partial charge in [0.05, 0.1) is 11.5 Å². The van der Waals surface area contributed by atoms with Crippen LogP contribution in [0.4, 0.5) is 0 Å². The number of likely N-dealkylation sites (tertiary alicyclic amines) is 1. The van der Waals surface area contributed by atoms with E-state index in [1.54, 1.807) is 0 Å². The van der Waals surface area contributed by atoms with Crippen molar-refractivity contribution in [2.75, 3.05) is 32.0 Å². The lowest BCUT2D eigenvalue weighted by Gasteiger charge is -2.18. The fraction of sp³-hybridized carbons (Fsp3) is 0.346. The molecule has 0 radical (unpaired) electrons. The number of nitrogens with zero attached hydrogens (tertiary/aromatic N) is 1. The van der Waals surface area contributed by atoms with Gasteiger partial charge < -0.3 is 9.64 Å². The van der Waals surface area contributed by atoms with Crippen LogP contribution in [0.1, 0.15) is 40.2 Å². The fourth-order valence-corrected chi connectivity index (χ4v) is 5.37. The maximum atomic E-state index is 12.9. The van der Waals surface area contributed by atoms with Gasteiger partial charge in [-0.3, -0.25) is 4.79 Å². The van der Waals surface area contributed by atoms with Crippen LogP contribution in [0.15, 0.2) is 59.5 Å². The number of benzene rings is 3. The number of carbonyl (C=O) groups is 1. The molecule has 1 saturated heterocycles. The Labute approximate surface area is 182 Å². The molecule has 3 aromatic carbocycles. The van der Waals surface area contributed by atoms with E-state index in [9.17, 15) is 4.79 Å². The van der Waals surface area contributed by atoms with Gasteiger partial charge in [0.2, 0.25) is 0 Å². The molecule has 2 heterocycles. The standard InChI is InChI=1S/C26H27NO2S/c1-18-2-4-19(5-3-18)22-8-10-27(17-22)11-9-24(28)21-7-6-20-15-25-26(16-23(20)14-21)30-13-12-29-25/h2-7,14-16,22H,8-13,17H2,1H3. The third-order valence-corrected chi connectivity index (χ3v) is 7.30. The highest BCUT2D eigenvalue weighted by molar-refractivity contribution is 7.99. The average Bonchev–Trinajstić information content (AvgIpc) is 3.25. The zero-order chi connectivity index (χ0) is 20.5. The molecule has 4 heteroatoms. The molecule has 0 spiro atoms. The molecule has 2 aliphatic heterocycles. The Hall–Kier alpha value is -2.30. The zero-order valence-electron chi connectivity index (χ0n) is 17.4. The third kappa shape index (κ3) is 4.12. The van der Waals surface area contributed by atoms with E-state index >= 15 is 0 Å². The molecule has 0 bridgehead atoms. The number of ketones is 1. The minimum atomic E-state index is 0.234. The number of aryl methyl sites for hydroxylation is 1. The van der Waals surface area contributed by atoms with Crippen LogP contribution in [-0.2, 0) is 0 Å². The van der Waals surface area contributed by atoms with Crippen molar-refractivity contribution in [2.45, 2.75) is 30.6 Å². The van der Waals surface area contributed by atoms with E-state index < -0.39 is 0 Å². The molecule has 0 N–H and O–H groups in total. The first-order chi connectivity index (χ1) is 14.7. The summed E-state index contributed by atoms with van der Waals surface area (Å²) in [4.78, 5) is 16.5. The summed E-state index contributed by atoms with van der Waals surface area (Å²) in [7, 11) is 0. The van der Waals surface area contributed by atoms with Crippen molar-refractivity contribution in [1.82, 2.24) is 4.90 Å². The number of hydrogen-bond acceptors (Lipinski definition) is 4. The number of fused-ring (bicyclic) bond motifs is 2. The first-order valence-electron chi connectivity index (χ1n) is 10.8. The summed E-state index contributed by atoms with van der Waals surface area (Å²) >= 11 is 1.83. The van der Waals surface area contributed by atoms with Crippen LogP contribution in [0.2, 0.25) is 0 Å². The second kappa shape index (κ2) is 8.44. The maximum absolute atomic E-state index is 12.9. The Bertz CT molecular complexity index is 1080. The minimum Gasteiger partial charge on any atom is -0.492 e. The molecule has 3 aromatic rings. The first kappa shape index (κ1) is 19.7. The number of hydrogen-bond donors (Lipinski definition) is 0. The van der Waals surface area contributed by atoms with Gasteiger partial charge in [0, 0.05) is 30.8 Å². The Balaban J connectivity index is 1.22. The van der Waals surface area contributed by atoms with Gasteiger partial charge in [-0.15, -0.1) is 11.8 Å². The summed E-state index contributed by atoms with van der Waals surface area (Å²) in [5.41, 5.74) is 3.55. The normalized spacial score (nSPS) is 18.9. The summed E-state index contributed by atoms with van der Waals surface area (Å²) in [6.07, 6.45) is 1.76. The Morgan fingerprint density at radius 1 is 1.10 bits per heavy atom. The fourth-order valence-electron chi connectivity index (χ4n) is 4.51. The quantitative estimate of drug-likeness (QED) is 0.499. The summed E-state index contributed by atoms with van der Waals surface area (Å²) < 4.78 is 5.76. The van der Waals surface area contributed by atoms with Gasteiger partial charge in [-0.05, 0) is 60.3 Å². The van der Waals surface area contributed by atoms with Crippen molar-refractivity contribution in [2.24, 2.45) is 0 Å². The lowest BCUT2D eigenvalue weighted by atomic mass is 9.97. The van der Waals surface area contributed by atoms with Crippen molar-refractivity contribution in [3.8, 4) is 5.75 Å². The largest absolute Gasteiger partial charge is 0.492 e. The molecular formula is C26H27NO2S. The maximum Gasteiger partial charge on any atom is 0.164 e. The van der Waals surface area contributed by atoms with Crippen LogP contribution in [0.5, 0.6) is 5.75 Å². The second-order valence-corrected chi connectivity index (χ2v) is 9.56. The van der Waals surface area contributed by atoms with Crippen molar-refractivity contribution < 1.29 is 9.53 Å². The third-order valence-electron chi connectivity index (χ3n) is 6.30. The van der Waals surface area contributed by atoms with Gasteiger partial charge in [0.25, 0.3) is 0 Å². The van der Waals surface area contributed by atoms with Gasteiger partial charge in [-0.1, -0.05) is 42.0 Å². The van der Waals surface area contributed by atoms with E-state index in [2.05, 4.69) is 54.3 Å². The molecule has 3 nitrogen and oxygen atoms in total. The van der Waals surface area contributed by atoms with Gasteiger partial charge in [0.15, 0.2) is 5.78 Å². The van der Waals surface area contributed by atoms with Gasteiger partial charge >= 0.3 is 0 Å². The van der Waals surface area contributed by atoms with E-state index in [1.165, 1.54) is 22.4 Å². The highest BCUT2D eigenvalue weighted by Crippen LogP contribution is 2.37. The van der Waals surface area contributed by atoms with Crippen molar-refractivity contribution in [1.29, 1.82) is 0 Å². The van der Waals surface area contributed by atoms with Gasteiger partial charge in [-0.2, -0.15) is 0 Å². The number of thioether (sulfide) groups is 1. The number of carbonyl (C=O) groups excluding carboxylic acids is 1. The minimum absolute atomic E-state index is 0.234. The van der Waals surface area contributed by atoms with Gasteiger partial charge in [-0.25, -0.2) is 0 Å². The predicted molar refractivity (Wildman–Crippen MR) is 124 cm³/mol. The van der Waals surface area contributed by atoms with Crippen LogP contribution in [0, 0.1) is 6.92 Å². The molecule has 5 rings (SSSR count). The molecule has 0 aromatic heterocycles. The Morgan fingerprint density at radius 3 is 2.83 bits per heavy atom. The molecule has 30 heavy (non-hydrogen) atoms. The van der Waals surface area contributed by atoms with E-state index in [0.29, 0.717) is 12.3 Å². The van der Waals surface area contributed by atoms with Crippen LogP contribution in [0.25, 0.3) is 10.8 Å². The Morgan fingerprint density at radius 2 is 1.97 bits per heavy atom. The van der Waals surface area contributed by atoms with Crippen molar-refractivity contribution in [3.63, 3.8) is 0 Å². The predicted octanol–water partition coefficient (Wildman–Crippen LogP) is 5.70. The van der Waals surface area contributed by atoms with E-state index in [0.717, 1.165) is 54.1 Å². The van der Waals surface area contributed by atoms with Crippen molar-refractivity contribution >= 4 is 28.3 Å². The number of Topliss-reactive ketones (excluding diaryl/α,β-unsaturated/α-hetero) is 1. The molecule has 1 unspecified atom stereocenters.